The highest BCUT2D eigenvalue weighted by molar-refractivity contribution is 6.31. The molecular weight excluding hydrogens is 386 g/mol. The Morgan fingerprint density at radius 1 is 1.26 bits per heavy atom. The third kappa shape index (κ3) is 4.63. The van der Waals surface area contributed by atoms with E-state index in [1.807, 2.05) is 0 Å². The lowest BCUT2D eigenvalue weighted by Crippen LogP contribution is -2.43. The summed E-state index contributed by atoms with van der Waals surface area (Å²) in [6.07, 6.45) is 2.75. The second-order valence-corrected chi connectivity index (χ2v) is 7.72. The van der Waals surface area contributed by atoms with Crippen LogP contribution in [0.1, 0.15) is 37.7 Å². The van der Waals surface area contributed by atoms with E-state index in [9.17, 15) is 9.18 Å². The highest BCUT2D eigenvalue weighted by Crippen LogP contribution is 2.37. The standard InChI is InChI=1S/C21H23Cl2FN2O/c1-2-3-11-26-12-10-17(16-8-5-9-18(23)19(16)24)20(26)21(27)25-15-7-4-6-14(22)13-15/h4-9,13,17,20H,2-3,10-12H2,1H3,(H,25,27). The second-order valence-electron chi connectivity index (χ2n) is 6.87. The van der Waals surface area contributed by atoms with Crippen molar-refractivity contribution >= 4 is 34.8 Å². The van der Waals surface area contributed by atoms with Crippen molar-refractivity contribution in [3.05, 3.63) is 63.9 Å². The molecule has 2 aromatic rings. The fraction of sp³-hybridized carbons (Fsp3) is 0.381. The van der Waals surface area contributed by atoms with Crippen molar-refractivity contribution in [3.8, 4) is 0 Å². The summed E-state index contributed by atoms with van der Waals surface area (Å²) in [5.41, 5.74) is 1.15. The molecule has 3 nitrogen and oxygen atoms in total. The minimum atomic E-state index is -0.441. The molecular formula is C21H23Cl2FN2O. The van der Waals surface area contributed by atoms with Gasteiger partial charge in [-0.25, -0.2) is 4.39 Å². The largest absolute Gasteiger partial charge is 0.325 e. The van der Waals surface area contributed by atoms with Gasteiger partial charge in [0.25, 0.3) is 0 Å². The van der Waals surface area contributed by atoms with Gasteiger partial charge in [0.1, 0.15) is 5.82 Å². The highest BCUT2D eigenvalue weighted by atomic mass is 35.5. The summed E-state index contributed by atoms with van der Waals surface area (Å²) in [6.45, 7) is 3.68. The Morgan fingerprint density at radius 2 is 2.04 bits per heavy atom. The molecule has 2 atom stereocenters. The van der Waals surface area contributed by atoms with E-state index in [1.165, 1.54) is 6.07 Å². The first kappa shape index (κ1) is 20.1. The Hall–Kier alpha value is -1.62. The van der Waals surface area contributed by atoms with Crippen molar-refractivity contribution in [2.45, 2.75) is 38.1 Å². The highest BCUT2D eigenvalue weighted by Gasteiger charge is 2.41. The number of amides is 1. The Morgan fingerprint density at radius 3 is 2.78 bits per heavy atom. The first-order valence-electron chi connectivity index (χ1n) is 9.25. The number of nitrogens with one attached hydrogen (secondary N) is 1. The van der Waals surface area contributed by atoms with Crippen LogP contribution in [-0.2, 0) is 4.79 Å². The van der Waals surface area contributed by atoms with E-state index in [4.69, 9.17) is 23.2 Å². The van der Waals surface area contributed by atoms with Crippen LogP contribution in [0.25, 0.3) is 0 Å². The maximum Gasteiger partial charge on any atom is 0.242 e. The molecule has 2 unspecified atom stereocenters. The quantitative estimate of drug-likeness (QED) is 0.661. The normalized spacial score (nSPS) is 20.0. The van der Waals surface area contributed by atoms with E-state index in [0.717, 1.165) is 25.9 Å². The summed E-state index contributed by atoms with van der Waals surface area (Å²) in [4.78, 5) is 15.3. The first-order chi connectivity index (χ1) is 13.0. The fourth-order valence-corrected chi connectivity index (χ4v) is 4.10. The maximum atomic E-state index is 14.6. The lowest BCUT2D eigenvalue weighted by molar-refractivity contribution is -0.120. The van der Waals surface area contributed by atoms with Crippen molar-refractivity contribution in [1.82, 2.24) is 4.90 Å². The first-order valence-corrected chi connectivity index (χ1v) is 10.0. The predicted molar refractivity (Wildman–Crippen MR) is 109 cm³/mol. The van der Waals surface area contributed by atoms with E-state index >= 15 is 0 Å². The molecule has 144 valence electrons. The third-order valence-electron chi connectivity index (χ3n) is 5.04. The minimum absolute atomic E-state index is 0.0912. The molecule has 0 radical (unpaired) electrons. The van der Waals surface area contributed by atoms with Gasteiger partial charge >= 0.3 is 0 Å². The molecule has 0 bridgehead atoms. The molecule has 0 aromatic heterocycles. The van der Waals surface area contributed by atoms with Crippen molar-refractivity contribution in [2.75, 3.05) is 18.4 Å². The topological polar surface area (TPSA) is 32.3 Å². The number of likely N-dealkylation sites (tertiary alicyclic amines) is 1. The van der Waals surface area contributed by atoms with Crippen LogP contribution in [0.4, 0.5) is 10.1 Å². The number of halogens is 3. The Bertz CT molecular complexity index is 815. The lowest BCUT2D eigenvalue weighted by atomic mass is 9.90. The molecule has 1 fully saturated rings. The van der Waals surface area contributed by atoms with Gasteiger partial charge in [0.2, 0.25) is 5.91 Å². The molecule has 1 aliphatic heterocycles. The number of hydrogen-bond acceptors (Lipinski definition) is 2. The lowest BCUT2D eigenvalue weighted by Gasteiger charge is -2.27. The van der Waals surface area contributed by atoms with Gasteiger partial charge in [-0.2, -0.15) is 0 Å². The van der Waals surface area contributed by atoms with Gasteiger partial charge in [-0.1, -0.05) is 54.7 Å². The number of hydrogen-bond donors (Lipinski definition) is 1. The number of benzene rings is 2. The van der Waals surface area contributed by atoms with Crippen LogP contribution in [0.5, 0.6) is 0 Å². The van der Waals surface area contributed by atoms with Gasteiger partial charge in [0.05, 0.1) is 11.1 Å². The third-order valence-corrected chi connectivity index (χ3v) is 5.57. The molecule has 6 heteroatoms. The SMILES string of the molecule is CCCCN1CCC(c2cccc(Cl)c2F)C1C(=O)Nc1cccc(Cl)c1. The molecule has 27 heavy (non-hydrogen) atoms. The van der Waals surface area contributed by atoms with Gasteiger partial charge in [0.15, 0.2) is 0 Å². The van der Waals surface area contributed by atoms with Crippen molar-refractivity contribution in [2.24, 2.45) is 0 Å². The van der Waals surface area contributed by atoms with Crippen LogP contribution in [0.15, 0.2) is 42.5 Å². The van der Waals surface area contributed by atoms with E-state index < -0.39 is 11.9 Å². The molecule has 0 saturated carbocycles. The van der Waals surface area contributed by atoms with Crippen LogP contribution < -0.4 is 5.32 Å². The van der Waals surface area contributed by atoms with Crippen molar-refractivity contribution in [1.29, 1.82) is 0 Å². The maximum absolute atomic E-state index is 14.6. The van der Waals surface area contributed by atoms with Gasteiger partial charge in [0, 0.05) is 16.6 Å². The summed E-state index contributed by atoms with van der Waals surface area (Å²) in [5, 5.41) is 3.59. The molecule has 1 N–H and O–H groups in total. The summed E-state index contributed by atoms with van der Waals surface area (Å²) < 4.78 is 14.6. The predicted octanol–water partition coefficient (Wildman–Crippen LogP) is 5.73. The zero-order valence-electron chi connectivity index (χ0n) is 15.2. The summed E-state index contributed by atoms with van der Waals surface area (Å²) in [5.74, 6) is -0.808. The Balaban J connectivity index is 1.88. The summed E-state index contributed by atoms with van der Waals surface area (Å²) in [7, 11) is 0. The van der Waals surface area contributed by atoms with Crippen LogP contribution in [-0.4, -0.2) is 29.9 Å². The molecule has 2 aromatic carbocycles. The van der Waals surface area contributed by atoms with Gasteiger partial charge in [-0.3, -0.25) is 9.69 Å². The van der Waals surface area contributed by atoms with Gasteiger partial charge in [-0.05, 0) is 55.8 Å². The molecule has 0 aliphatic carbocycles. The average molecular weight is 409 g/mol. The van der Waals surface area contributed by atoms with Crippen LogP contribution in [0.3, 0.4) is 0 Å². The van der Waals surface area contributed by atoms with E-state index in [0.29, 0.717) is 22.7 Å². The monoisotopic (exact) mass is 408 g/mol. The van der Waals surface area contributed by atoms with Crippen molar-refractivity contribution in [3.63, 3.8) is 0 Å². The van der Waals surface area contributed by atoms with Gasteiger partial charge < -0.3 is 5.32 Å². The van der Waals surface area contributed by atoms with E-state index in [-0.39, 0.29) is 16.8 Å². The number of carbonyl (C=O) groups excluding carboxylic acids is 1. The average Bonchev–Trinajstić information content (AvgIpc) is 3.06. The molecule has 1 saturated heterocycles. The number of unbranched alkanes of at least 4 members (excludes halogenated alkanes) is 1. The molecule has 1 aliphatic rings. The fourth-order valence-electron chi connectivity index (χ4n) is 3.73. The number of carbonyl (C=O) groups is 1. The molecule has 1 heterocycles. The van der Waals surface area contributed by atoms with Crippen LogP contribution in [0, 0.1) is 5.82 Å². The van der Waals surface area contributed by atoms with Crippen LogP contribution >= 0.6 is 23.2 Å². The number of rotatable bonds is 6. The molecule has 1 amide bonds. The zero-order chi connectivity index (χ0) is 19.4. The van der Waals surface area contributed by atoms with Crippen LogP contribution in [0.2, 0.25) is 10.0 Å². The number of nitrogens with zero attached hydrogens (tertiary/aromatic N) is 1. The Labute approximate surface area is 169 Å². The zero-order valence-corrected chi connectivity index (χ0v) is 16.7. The smallest absolute Gasteiger partial charge is 0.242 e. The molecule has 3 rings (SSSR count). The van der Waals surface area contributed by atoms with Crippen molar-refractivity contribution < 1.29 is 9.18 Å². The second kappa shape index (κ2) is 9.05. The summed E-state index contributed by atoms with van der Waals surface area (Å²) in [6, 6.07) is 11.6. The minimum Gasteiger partial charge on any atom is -0.325 e. The Kier molecular flexibility index (Phi) is 6.74. The molecule has 0 spiro atoms. The van der Waals surface area contributed by atoms with E-state index in [2.05, 4.69) is 17.1 Å². The van der Waals surface area contributed by atoms with E-state index in [1.54, 1.807) is 36.4 Å². The summed E-state index contributed by atoms with van der Waals surface area (Å²) >= 11 is 12.0. The number of anilines is 1. The van der Waals surface area contributed by atoms with Gasteiger partial charge in [-0.15, -0.1) is 0 Å².